The molecule has 1 heterocycles. The van der Waals surface area contributed by atoms with E-state index in [1.165, 1.54) is 0 Å². The fraction of sp³-hybridized carbons (Fsp3) is 0.900. The first-order valence-corrected chi connectivity index (χ1v) is 4.97. The number of amides is 1. The summed E-state index contributed by atoms with van der Waals surface area (Å²) in [5.41, 5.74) is -0.687. The molecule has 0 aromatic carbocycles. The van der Waals surface area contributed by atoms with Gasteiger partial charge in [0.15, 0.2) is 0 Å². The van der Waals surface area contributed by atoms with Crippen molar-refractivity contribution in [2.75, 3.05) is 13.2 Å². The second-order valence-corrected chi connectivity index (χ2v) is 5.08. The number of aliphatic hydroxyl groups is 1. The molecule has 1 aliphatic rings. The minimum Gasteiger partial charge on any atom is -0.394 e. The van der Waals surface area contributed by atoms with E-state index in [1.54, 1.807) is 20.8 Å². The maximum absolute atomic E-state index is 13.1. The highest BCUT2D eigenvalue weighted by Crippen LogP contribution is 2.34. The summed E-state index contributed by atoms with van der Waals surface area (Å²) >= 11 is 0. The molecular weight excluding hydrogens is 204 g/mol. The van der Waals surface area contributed by atoms with E-state index in [9.17, 15) is 13.6 Å². The van der Waals surface area contributed by atoms with Crippen molar-refractivity contribution >= 4 is 5.91 Å². The number of aliphatic hydroxyl groups excluding tert-OH is 1. The van der Waals surface area contributed by atoms with E-state index in [0.717, 1.165) is 4.90 Å². The Kier molecular flexibility index (Phi) is 3.05. The van der Waals surface area contributed by atoms with Crippen LogP contribution in [0, 0.1) is 5.41 Å². The van der Waals surface area contributed by atoms with Gasteiger partial charge in [0.2, 0.25) is 5.91 Å². The summed E-state index contributed by atoms with van der Waals surface area (Å²) in [4.78, 5) is 12.9. The first-order chi connectivity index (χ1) is 6.67. The highest BCUT2D eigenvalue weighted by atomic mass is 19.3. The van der Waals surface area contributed by atoms with Gasteiger partial charge in [-0.1, -0.05) is 20.8 Å². The van der Waals surface area contributed by atoms with Crippen LogP contribution in [0.3, 0.4) is 0 Å². The fourth-order valence-electron chi connectivity index (χ4n) is 1.73. The van der Waals surface area contributed by atoms with E-state index in [-0.39, 0.29) is 5.91 Å². The normalized spacial score (nSPS) is 25.7. The smallest absolute Gasteiger partial charge is 0.267 e. The molecular formula is C10H17F2NO2. The molecule has 15 heavy (non-hydrogen) atoms. The van der Waals surface area contributed by atoms with Crippen molar-refractivity contribution in [1.29, 1.82) is 0 Å². The average Bonchev–Trinajstić information content (AvgIpc) is 2.38. The predicted octanol–water partition coefficient (Wildman–Crippen LogP) is 1.26. The summed E-state index contributed by atoms with van der Waals surface area (Å²) < 4.78 is 26.2. The van der Waals surface area contributed by atoms with E-state index in [2.05, 4.69) is 0 Å². The van der Waals surface area contributed by atoms with E-state index < -0.39 is 37.0 Å². The molecule has 3 nitrogen and oxygen atoms in total. The molecule has 0 aromatic rings. The summed E-state index contributed by atoms with van der Waals surface area (Å²) in [6.07, 6.45) is -0.439. The lowest BCUT2D eigenvalue weighted by Gasteiger charge is -2.29. The fourth-order valence-corrected chi connectivity index (χ4v) is 1.73. The van der Waals surface area contributed by atoms with Crippen molar-refractivity contribution in [3.05, 3.63) is 0 Å². The second-order valence-electron chi connectivity index (χ2n) is 5.08. The molecule has 5 heteroatoms. The number of likely N-dealkylation sites (tertiary alicyclic amines) is 1. The predicted molar refractivity (Wildman–Crippen MR) is 51.6 cm³/mol. The van der Waals surface area contributed by atoms with Crippen LogP contribution in [0.1, 0.15) is 27.2 Å². The number of hydrogen-bond donors (Lipinski definition) is 1. The average molecular weight is 221 g/mol. The third-order valence-corrected chi connectivity index (χ3v) is 2.49. The van der Waals surface area contributed by atoms with Crippen LogP contribution in [0.2, 0.25) is 0 Å². The maximum atomic E-state index is 13.1. The molecule has 1 rings (SSSR count). The minimum absolute atomic E-state index is 0.335. The largest absolute Gasteiger partial charge is 0.394 e. The zero-order valence-corrected chi connectivity index (χ0v) is 9.26. The highest BCUT2D eigenvalue weighted by molar-refractivity contribution is 5.82. The first-order valence-electron chi connectivity index (χ1n) is 4.97. The Bertz CT molecular complexity index is 261. The molecule has 0 spiro atoms. The van der Waals surface area contributed by atoms with Crippen LogP contribution in [0.5, 0.6) is 0 Å². The van der Waals surface area contributed by atoms with Gasteiger partial charge in [0.25, 0.3) is 5.92 Å². The highest BCUT2D eigenvalue weighted by Gasteiger charge is 2.48. The topological polar surface area (TPSA) is 40.5 Å². The van der Waals surface area contributed by atoms with Gasteiger partial charge in [-0.3, -0.25) is 4.79 Å². The summed E-state index contributed by atoms with van der Waals surface area (Å²) in [7, 11) is 0. The summed E-state index contributed by atoms with van der Waals surface area (Å²) in [5, 5.41) is 8.96. The Morgan fingerprint density at radius 1 is 1.53 bits per heavy atom. The van der Waals surface area contributed by atoms with Crippen LogP contribution >= 0.6 is 0 Å². The quantitative estimate of drug-likeness (QED) is 0.724. The van der Waals surface area contributed by atoms with E-state index in [1.807, 2.05) is 0 Å². The lowest BCUT2D eigenvalue weighted by atomic mass is 9.94. The van der Waals surface area contributed by atoms with Crippen molar-refractivity contribution in [2.24, 2.45) is 5.41 Å². The zero-order valence-electron chi connectivity index (χ0n) is 9.26. The van der Waals surface area contributed by atoms with Crippen LogP contribution < -0.4 is 0 Å². The first kappa shape index (κ1) is 12.4. The Labute approximate surface area is 88.1 Å². The second kappa shape index (κ2) is 3.70. The van der Waals surface area contributed by atoms with Crippen molar-refractivity contribution in [3.63, 3.8) is 0 Å². The van der Waals surface area contributed by atoms with Crippen molar-refractivity contribution in [1.82, 2.24) is 4.90 Å². The number of alkyl halides is 2. The SMILES string of the molecule is CC(C)(C)C(=O)N1CC(F)(F)C[C@H]1CO. The molecule has 0 aliphatic carbocycles. The number of halogens is 2. The maximum Gasteiger partial charge on any atom is 0.267 e. The summed E-state index contributed by atoms with van der Waals surface area (Å²) in [6, 6.07) is -0.744. The van der Waals surface area contributed by atoms with Gasteiger partial charge in [-0.25, -0.2) is 8.78 Å². The molecule has 1 aliphatic heterocycles. The Balaban J connectivity index is 2.82. The molecule has 88 valence electrons. The number of carbonyl (C=O) groups excluding carboxylic acids is 1. The molecule has 1 fully saturated rings. The van der Waals surface area contributed by atoms with Crippen molar-refractivity contribution < 1.29 is 18.7 Å². The third-order valence-electron chi connectivity index (χ3n) is 2.49. The van der Waals surface area contributed by atoms with Gasteiger partial charge in [0, 0.05) is 11.8 Å². The van der Waals surface area contributed by atoms with E-state index >= 15 is 0 Å². The summed E-state index contributed by atoms with van der Waals surface area (Å²) in [6.45, 7) is 4.06. The molecule has 1 saturated heterocycles. The van der Waals surface area contributed by atoms with Crippen LogP contribution in [0.25, 0.3) is 0 Å². The van der Waals surface area contributed by atoms with Gasteiger partial charge in [-0.05, 0) is 0 Å². The van der Waals surface area contributed by atoms with Gasteiger partial charge < -0.3 is 10.0 Å². The lowest BCUT2D eigenvalue weighted by molar-refractivity contribution is -0.142. The molecule has 0 saturated carbocycles. The minimum atomic E-state index is -2.87. The van der Waals surface area contributed by atoms with Crippen molar-refractivity contribution in [3.8, 4) is 0 Å². The monoisotopic (exact) mass is 221 g/mol. The van der Waals surface area contributed by atoms with Gasteiger partial charge in [-0.2, -0.15) is 0 Å². The molecule has 0 aromatic heterocycles. The molecule has 0 radical (unpaired) electrons. The Morgan fingerprint density at radius 2 is 2.07 bits per heavy atom. The van der Waals surface area contributed by atoms with Crippen molar-refractivity contribution in [2.45, 2.75) is 39.2 Å². The number of carbonyl (C=O) groups is 1. The summed E-state index contributed by atoms with van der Waals surface area (Å²) in [5.74, 6) is -3.20. The van der Waals surface area contributed by atoms with Gasteiger partial charge in [-0.15, -0.1) is 0 Å². The molecule has 1 amide bonds. The number of rotatable bonds is 1. The van der Waals surface area contributed by atoms with E-state index in [4.69, 9.17) is 5.11 Å². The Hall–Kier alpha value is -0.710. The molecule has 0 unspecified atom stereocenters. The van der Waals surface area contributed by atoms with E-state index in [0.29, 0.717) is 0 Å². The third kappa shape index (κ3) is 2.65. The molecule has 1 N–H and O–H groups in total. The Morgan fingerprint density at radius 3 is 2.47 bits per heavy atom. The standard InChI is InChI=1S/C10H17F2NO2/c1-9(2,3)8(15)13-6-10(11,12)4-7(13)5-14/h7,14H,4-6H2,1-3H3/t7-/m0/s1. The number of hydrogen-bond acceptors (Lipinski definition) is 2. The molecule has 1 atom stereocenters. The molecule has 0 bridgehead atoms. The van der Waals surface area contributed by atoms with Gasteiger partial charge >= 0.3 is 0 Å². The van der Waals surface area contributed by atoms with Gasteiger partial charge in [0.05, 0.1) is 19.2 Å². The zero-order chi connectivity index (χ0) is 11.9. The van der Waals surface area contributed by atoms with Crippen LogP contribution in [-0.4, -0.2) is 41.0 Å². The van der Waals surface area contributed by atoms with Crippen LogP contribution in [-0.2, 0) is 4.79 Å². The lowest BCUT2D eigenvalue weighted by Crippen LogP contribution is -2.44. The van der Waals surface area contributed by atoms with Crippen LogP contribution in [0.15, 0.2) is 0 Å². The van der Waals surface area contributed by atoms with Gasteiger partial charge in [0.1, 0.15) is 0 Å². The number of nitrogens with zero attached hydrogens (tertiary/aromatic N) is 1. The van der Waals surface area contributed by atoms with Crippen LogP contribution in [0.4, 0.5) is 8.78 Å².